The van der Waals surface area contributed by atoms with Gasteiger partial charge in [-0.15, -0.1) is 0 Å². The van der Waals surface area contributed by atoms with Gasteiger partial charge in [0.25, 0.3) is 11.8 Å². The van der Waals surface area contributed by atoms with Crippen LogP contribution in [-0.2, 0) is 26.3 Å². The van der Waals surface area contributed by atoms with Gasteiger partial charge in [-0.05, 0) is 62.4 Å². The summed E-state index contributed by atoms with van der Waals surface area (Å²) in [4.78, 5) is 29.4. The van der Waals surface area contributed by atoms with Crippen molar-refractivity contribution in [2.45, 2.75) is 70.6 Å². The highest BCUT2D eigenvalue weighted by molar-refractivity contribution is 7.87. The largest absolute Gasteiger partial charge is 0.496 e. The molecule has 240 valence electrons. The lowest BCUT2D eigenvalue weighted by Crippen LogP contribution is -2.48. The van der Waals surface area contributed by atoms with Crippen LogP contribution in [-0.4, -0.2) is 80.5 Å². The van der Waals surface area contributed by atoms with E-state index in [-0.39, 0.29) is 30.2 Å². The van der Waals surface area contributed by atoms with Crippen molar-refractivity contribution in [2.75, 3.05) is 34.3 Å². The zero-order valence-corrected chi connectivity index (χ0v) is 27.4. The molecule has 3 aliphatic rings. The molecule has 0 spiro atoms. The summed E-state index contributed by atoms with van der Waals surface area (Å²) in [5.74, 6) is 0.222. The van der Waals surface area contributed by atoms with Crippen molar-refractivity contribution < 1.29 is 27.5 Å². The molecule has 2 atom stereocenters. The Morgan fingerprint density at radius 3 is 2.40 bits per heavy atom. The number of carbonyl (C=O) groups is 2. The second-order valence-electron chi connectivity index (χ2n) is 12.7. The third kappa shape index (κ3) is 5.89. The van der Waals surface area contributed by atoms with Crippen LogP contribution in [0.25, 0.3) is 28.2 Å². The van der Waals surface area contributed by atoms with Crippen molar-refractivity contribution >= 4 is 39.0 Å². The highest BCUT2D eigenvalue weighted by Crippen LogP contribution is 2.48. The summed E-state index contributed by atoms with van der Waals surface area (Å²) in [6, 6.07) is 11.4. The number of rotatable bonds is 6. The highest BCUT2D eigenvalue weighted by atomic mass is 32.2. The van der Waals surface area contributed by atoms with Crippen LogP contribution in [0.5, 0.6) is 5.75 Å². The lowest BCUT2D eigenvalue weighted by atomic mass is 9.81. The van der Waals surface area contributed by atoms with Gasteiger partial charge in [0.2, 0.25) is 0 Å². The summed E-state index contributed by atoms with van der Waals surface area (Å²) in [5.41, 5.74) is 5.68. The summed E-state index contributed by atoms with van der Waals surface area (Å²) in [6.07, 6.45) is 7.40. The van der Waals surface area contributed by atoms with Crippen molar-refractivity contribution in [1.82, 2.24) is 18.5 Å². The third-order valence-corrected chi connectivity index (χ3v) is 10.7. The monoisotopic (exact) mass is 634 g/mol. The van der Waals surface area contributed by atoms with Gasteiger partial charge in [0.15, 0.2) is 0 Å². The van der Waals surface area contributed by atoms with Gasteiger partial charge in [0.1, 0.15) is 5.75 Å². The van der Waals surface area contributed by atoms with E-state index in [4.69, 9.17) is 9.47 Å². The summed E-state index contributed by atoms with van der Waals surface area (Å²) in [7, 11) is 0.404. The molecule has 2 aliphatic heterocycles. The molecule has 0 radical (unpaired) electrons. The Morgan fingerprint density at radius 1 is 1.02 bits per heavy atom. The molecule has 2 fully saturated rings. The molecule has 2 aromatic carbocycles. The van der Waals surface area contributed by atoms with E-state index in [1.54, 1.807) is 19.2 Å². The number of hydrogen-bond acceptors (Lipinski definition) is 6. The van der Waals surface area contributed by atoms with Crippen molar-refractivity contribution in [3.8, 4) is 17.0 Å². The Morgan fingerprint density at radius 2 is 1.73 bits per heavy atom. The van der Waals surface area contributed by atoms with Crippen LogP contribution in [0.3, 0.4) is 0 Å². The molecule has 0 bridgehead atoms. The van der Waals surface area contributed by atoms with Crippen LogP contribution < -0.4 is 9.46 Å². The minimum Gasteiger partial charge on any atom is -0.496 e. The molecule has 1 saturated heterocycles. The first kappa shape index (κ1) is 31.3. The van der Waals surface area contributed by atoms with Crippen molar-refractivity contribution in [2.24, 2.45) is 0 Å². The topological polar surface area (TPSA) is 110 Å². The maximum absolute atomic E-state index is 14.3. The zero-order chi connectivity index (χ0) is 32.0. The molecule has 0 unspecified atom stereocenters. The first-order valence-electron chi connectivity index (χ1n) is 15.7. The molecule has 1 aliphatic carbocycles. The van der Waals surface area contributed by atoms with Crippen LogP contribution in [0, 0.1) is 0 Å². The number of morpholine rings is 1. The predicted octanol–water partition coefficient (Wildman–Crippen LogP) is 4.93. The van der Waals surface area contributed by atoms with E-state index < -0.39 is 16.1 Å². The summed E-state index contributed by atoms with van der Waals surface area (Å²) >= 11 is 0. The van der Waals surface area contributed by atoms with Gasteiger partial charge in [-0.25, -0.2) is 4.72 Å². The maximum Gasteiger partial charge on any atom is 0.303 e. The Labute approximate surface area is 265 Å². The van der Waals surface area contributed by atoms with Crippen LogP contribution in [0.1, 0.15) is 73.4 Å². The average molecular weight is 635 g/mol. The van der Waals surface area contributed by atoms with E-state index >= 15 is 0 Å². The number of amides is 2. The number of hydrogen-bond donors (Lipinski definition) is 1. The molecule has 3 heterocycles. The number of ether oxygens (including phenoxy) is 2. The Kier molecular flexibility index (Phi) is 8.53. The van der Waals surface area contributed by atoms with Crippen molar-refractivity contribution in [1.29, 1.82) is 0 Å². The number of fused-ring (bicyclic) bond motifs is 5. The number of carbonyl (C=O) groups excluding carboxylic acids is 2. The molecule has 11 heteroatoms. The van der Waals surface area contributed by atoms with Crippen LogP contribution in [0.4, 0.5) is 0 Å². The minimum absolute atomic E-state index is 0.0613. The minimum atomic E-state index is -3.98. The molecule has 1 aromatic heterocycles. The molecule has 3 aromatic rings. The van der Waals surface area contributed by atoms with Crippen LogP contribution in [0.15, 0.2) is 42.0 Å². The van der Waals surface area contributed by atoms with E-state index in [0.29, 0.717) is 30.3 Å². The molecular weight excluding hydrogens is 592 g/mol. The predicted molar refractivity (Wildman–Crippen MR) is 174 cm³/mol. The zero-order valence-electron chi connectivity index (χ0n) is 26.6. The molecule has 1 N–H and O–H groups in total. The smallest absolute Gasteiger partial charge is 0.303 e. The van der Waals surface area contributed by atoms with E-state index in [1.807, 2.05) is 43.0 Å². The number of nitrogens with zero attached hydrogens (tertiary/aromatic N) is 3. The second-order valence-corrected chi connectivity index (χ2v) is 14.6. The van der Waals surface area contributed by atoms with E-state index in [0.717, 1.165) is 57.7 Å². The van der Waals surface area contributed by atoms with Gasteiger partial charge in [-0.3, -0.25) is 9.59 Å². The molecule has 2 amide bonds. The summed E-state index contributed by atoms with van der Waals surface area (Å²) in [5, 5.41) is 1.01. The van der Waals surface area contributed by atoms with Crippen molar-refractivity contribution in [3.05, 3.63) is 58.7 Å². The van der Waals surface area contributed by atoms with Crippen molar-refractivity contribution in [3.63, 3.8) is 0 Å². The van der Waals surface area contributed by atoms with Gasteiger partial charge in [-0.2, -0.15) is 12.7 Å². The Hall–Kier alpha value is -3.67. The van der Waals surface area contributed by atoms with Crippen LogP contribution >= 0.6 is 0 Å². The van der Waals surface area contributed by atoms with E-state index in [1.165, 1.54) is 26.1 Å². The molecule has 45 heavy (non-hydrogen) atoms. The fourth-order valence-corrected chi connectivity index (χ4v) is 7.72. The van der Waals surface area contributed by atoms with Gasteiger partial charge >= 0.3 is 10.2 Å². The van der Waals surface area contributed by atoms with Gasteiger partial charge in [-0.1, -0.05) is 37.5 Å². The molecule has 10 nitrogen and oxygen atoms in total. The standard InChI is InChI=1S/C34H42N4O6S/c1-21-18-37(19-22(2)44-21)34(40)25-16-28-26(12-9-13-30(28)43-5)32-31(23-10-7-6-8-11-23)27-15-14-24(17-29(27)38(32)20-25)33(39)35-45(41,42)36(3)4/h9,12-17,21-23H,6-8,10-11,18-20H2,1-5H3,(H,35,39)/t21-,22+. The van der Waals surface area contributed by atoms with Gasteiger partial charge in [0.05, 0.1) is 31.6 Å². The summed E-state index contributed by atoms with van der Waals surface area (Å²) in [6.45, 7) is 5.24. The van der Waals surface area contributed by atoms with Gasteiger partial charge in [0, 0.05) is 60.4 Å². The normalized spacial score (nSPS) is 20.8. The fourth-order valence-electron chi connectivity index (χ4n) is 7.19. The first-order chi connectivity index (χ1) is 21.5. The first-order valence-corrected chi connectivity index (χ1v) is 17.2. The third-order valence-electron chi connectivity index (χ3n) is 9.25. The number of aromatic nitrogens is 1. The maximum atomic E-state index is 14.3. The highest BCUT2D eigenvalue weighted by Gasteiger charge is 2.34. The molecule has 6 rings (SSSR count). The molecule has 1 saturated carbocycles. The lowest BCUT2D eigenvalue weighted by Gasteiger charge is -2.35. The van der Waals surface area contributed by atoms with Crippen LogP contribution in [0.2, 0.25) is 0 Å². The average Bonchev–Trinajstić information content (AvgIpc) is 3.22. The number of benzene rings is 2. The second kappa shape index (κ2) is 12.3. The fraction of sp³-hybridized carbons (Fsp3) is 0.471. The summed E-state index contributed by atoms with van der Waals surface area (Å²) < 4.78 is 42.0. The Bertz CT molecular complexity index is 1780. The number of nitrogens with one attached hydrogen (secondary N) is 1. The lowest BCUT2D eigenvalue weighted by molar-refractivity contribution is -0.139. The van der Waals surface area contributed by atoms with E-state index in [2.05, 4.69) is 15.4 Å². The molecular formula is C34H42N4O6S. The quantitative estimate of drug-likeness (QED) is 0.412. The Balaban J connectivity index is 1.57. The number of methoxy groups -OCH3 is 1. The van der Waals surface area contributed by atoms with Gasteiger partial charge < -0.3 is 18.9 Å². The SMILES string of the molecule is COc1cccc2c1C=C(C(=O)N1C[C@@H](C)O[C@@H](C)C1)Cn1c-2c(C2CCCCC2)c2ccc(C(=O)NS(=O)(=O)N(C)C)cc21. The van der Waals surface area contributed by atoms with E-state index in [9.17, 15) is 18.0 Å².